The van der Waals surface area contributed by atoms with E-state index in [1.165, 1.54) is 77.5 Å². The molecule has 0 spiro atoms. The molecule has 0 aliphatic heterocycles. The summed E-state index contributed by atoms with van der Waals surface area (Å²) >= 11 is 3.53. The molecule has 2 aromatic carbocycles. The number of fused-ring (bicyclic) bond motifs is 1. The zero-order valence-corrected chi connectivity index (χ0v) is 21.9. The maximum Gasteiger partial charge on any atom is 0.0504 e. The van der Waals surface area contributed by atoms with Crippen LogP contribution in [-0.2, 0) is 5.41 Å². The minimum atomic E-state index is -0.158. The standard InChI is InChI=1S/C34H28S2/c1-2-10-27(11-3-1)34(28-12-7-13-28)31-15-5-4-14-29(31)30(17-16-24-18-20-35-22-24)33(34)32(25-8-6-9-25)26-19-21-36-23-26/h1-5,10-11,14-15,18-23,28H,6-9,12-13H2/t34-/m1/s1. The van der Waals surface area contributed by atoms with Gasteiger partial charge in [-0.05, 0) is 99.7 Å². The zero-order chi connectivity index (χ0) is 24.0. The predicted molar refractivity (Wildman–Crippen MR) is 154 cm³/mol. The molecule has 0 saturated heterocycles. The second-order valence-electron chi connectivity index (χ2n) is 10.2. The molecule has 0 nitrogen and oxygen atoms in total. The quantitative estimate of drug-likeness (QED) is 0.245. The third-order valence-corrected chi connectivity index (χ3v) is 9.80. The van der Waals surface area contributed by atoms with Gasteiger partial charge >= 0.3 is 0 Å². The highest BCUT2D eigenvalue weighted by atomic mass is 32.1. The average Bonchev–Trinajstić information content (AvgIpc) is 3.61. The summed E-state index contributed by atoms with van der Waals surface area (Å²) in [5.74, 6) is 7.92. The van der Waals surface area contributed by atoms with Gasteiger partial charge in [0.25, 0.3) is 0 Å². The summed E-state index contributed by atoms with van der Waals surface area (Å²) in [5, 5.41) is 8.88. The molecule has 3 aliphatic carbocycles. The first-order valence-electron chi connectivity index (χ1n) is 13.1. The molecule has 2 saturated carbocycles. The third kappa shape index (κ3) is 3.34. The van der Waals surface area contributed by atoms with Crippen molar-refractivity contribution in [1.82, 2.24) is 0 Å². The van der Waals surface area contributed by atoms with Crippen LogP contribution in [0.25, 0.3) is 11.1 Å². The zero-order valence-electron chi connectivity index (χ0n) is 20.3. The van der Waals surface area contributed by atoms with E-state index in [4.69, 9.17) is 0 Å². The van der Waals surface area contributed by atoms with Crippen LogP contribution in [0.3, 0.4) is 0 Å². The number of rotatable bonds is 4. The Hall–Kier alpha value is -3.12. The molecule has 2 heteroatoms. The van der Waals surface area contributed by atoms with E-state index in [9.17, 15) is 0 Å². The summed E-state index contributed by atoms with van der Waals surface area (Å²) in [6.07, 6.45) is 7.54. The van der Waals surface area contributed by atoms with Crippen molar-refractivity contribution in [2.75, 3.05) is 0 Å². The molecule has 2 heterocycles. The number of thiophene rings is 2. The van der Waals surface area contributed by atoms with E-state index in [0.29, 0.717) is 5.92 Å². The normalized spacial score (nSPS) is 20.8. The van der Waals surface area contributed by atoms with Crippen LogP contribution < -0.4 is 0 Å². The van der Waals surface area contributed by atoms with Crippen molar-refractivity contribution in [2.45, 2.75) is 43.9 Å². The van der Waals surface area contributed by atoms with Gasteiger partial charge in [-0.3, -0.25) is 0 Å². The van der Waals surface area contributed by atoms with Gasteiger partial charge in [0.2, 0.25) is 0 Å². The van der Waals surface area contributed by atoms with E-state index in [0.717, 1.165) is 5.56 Å². The highest BCUT2D eigenvalue weighted by molar-refractivity contribution is 7.08. The van der Waals surface area contributed by atoms with Gasteiger partial charge in [-0.2, -0.15) is 22.7 Å². The van der Waals surface area contributed by atoms with Crippen molar-refractivity contribution < 1.29 is 0 Å². The van der Waals surface area contributed by atoms with Gasteiger partial charge in [0.15, 0.2) is 0 Å². The molecular weight excluding hydrogens is 473 g/mol. The van der Waals surface area contributed by atoms with Crippen molar-refractivity contribution in [3.05, 3.63) is 127 Å². The fourth-order valence-corrected chi connectivity index (χ4v) is 7.71. The average molecular weight is 501 g/mol. The lowest BCUT2D eigenvalue weighted by Gasteiger charge is -2.47. The fraction of sp³-hybridized carbons (Fsp3) is 0.235. The number of benzene rings is 2. The van der Waals surface area contributed by atoms with E-state index in [-0.39, 0.29) is 5.41 Å². The lowest BCUT2D eigenvalue weighted by atomic mass is 9.55. The minimum absolute atomic E-state index is 0.158. The highest BCUT2D eigenvalue weighted by Gasteiger charge is 2.54. The van der Waals surface area contributed by atoms with Crippen LogP contribution in [0.1, 0.15) is 66.3 Å². The first kappa shape index (κ1) is 22.1. The van der Waals surface area contributed by atoms with Gasteiger partial charge in [0, 0.05) is 16.5 Å². The smallest absolute Gasteiger partial charge is 0.0504 e. The van der Waals surface area contributed by atoms with Gasteiger partial charge < -0.3 is 0 Å². The summed E-state index contributed by atoms with van der Waals surface area (Å²) in [5.41, 5.74) is 12.4. The first-order valence-corrected chi connectivity index (χ1v) is 15.0. The molecule has 3 aliphatic rings. The molecule has 36 heavy (non-hydrogen) atoms. The van der Waals surface area contributed by atoms with Crippen molar-refractivity contribution in [3.8, 4) is 11.8 Å². The van der Waals surface area contributed by atoms with Crippen LogP contribution in [-0.4, -0.2) is 0 Å². The summed E-state index contributed by atoms with van der Waals surface area (Å²) in [4.78, 5) is 0. The molecule has 0 bridgehead atoms. The molecule has 7 rings (SSSR count). The van der Waals surface area contributed by atoms with Gasteiger partial charge in [0.05, 0.1) is 5.41 Å². The van der Waals surface area contributed by atoms with Crippen LogP contribution in [0, 0.1) is 17.8 Å². The van der Waals surface area contributed by atoms with E-state index in [1.807, 2.05) is 11.3 Å². The Morgan fingerprint density at radius 3 is 2.22 bits per heavy atom. The summed E-state index contributed by atoms with van der Waals surface area (Å²) in [7, 11) is 0. The number of hydrogen-bond donors (Lipinski definition) is 0. The lowest BCUT2D eigenvalue weighted by Crippen LogP contribution is -2.41. The summed E-state index contributed by atoms with van der Waals surface area (Å²) < 4.78 is 0. The van der Waals surface area contributed by atoms with Crippen LogP contribution in [0.4, 0.5) is 0 Å². The molecule has 0 unspecified atom stereocenters. The molecule has 2 fully saturated rings. The van der Waals surface area contributed by atoms with E-state index in [1.54, 1.807) is 16.9 Å². The van der Waals surface area contributed by atoms with Gasteiger partial charge in [-0.15, -0.1) is 0 Å². The number of hydrogen-bond acceptors (Lipinski definition) is 2. The van der Waals surface area contributed by atoms with Crippen LogP contribution in [0.2, 0.25) is 0 Å². The topological polar surface area (TPSA) is 0 Å². The largest absolute Gasteiger partial charge is 0.152 e. The van der Waals surface area contributed by atoms with Crippen LogP contribution >= 0.6 is 22.7 Å². The first-order chi connectivity index (χ1) is 17.9. The fourth-order valence-electron chi connectivity index (χ4n) is 6.47. The maximum atomic E-state index is 3.77. The third-order valence-electron chi connectivity index (χ3n) is 8.44. The Kier molecular flexibility index (Phi) is 5.57. The van der Waals surface area contributed by atoms with Crippen molar-refractivity contribution in [2.24, 2.45) is 5.92 Å². The Labute approximate surface area is 222 Å². The monoisotopic (exact) mass is 500 g/mol. The van der Waals surface area contributed by atoms with E-state index >= 15 is 0 Å². The summed E-state index contributed by atoms with van der Waals surface area (Å²) in [6, 6.07) is 25.0. The minimum Gasteiger partial charge on any atom is -0.152 e. The van der Waals surface area contributed by atoms with Gasteiger partial charge in [-0.1, -0.05) is 78.4 Å². The number of allylic oxidation sites excluding steroid dienone is 4. The van der Waals surface area contributed by atoms with Crippen molar-refractivity contribution in [3.63, 3.8) is 0 Å². The Balaban J connectivity index is 1.61. The predicted octanol–water partition coefficient (Wildman–Crippen LogP) is 9.35. The molecule has 2 aromatic heterocycles. The Morgan fingerprint density at radius 2 is 1.56 bits per heavy atom. The maximum absolute atomic E-state index is 3.77. The van der Waals surface area contributed by atoms with Crippen molar-refractivity contribution in [1.29, 1.82) is 0 Å². The lowest BCUT2D eigenvalue weighted by molar-refractivity contribution is 0.230. The molecule has 0 radical (unpaired) electrons. The van der Waals surface area contributed by atoms with Gasteiger partial charge in [0.1, 0.15) is 0 Å². The molecular formula is C34H28S2. The van der Waals surface area contributed by atoms with Crippen molar-refractivity contribution >= 4 is 33.8 Å². The molecule has 4 aromatic rings. The Bertz CT molecular complexity index is 1510. The molecule has 1 atom stereocenters. The Morgan fingerprint density at radius 1 is 0.778 bits per heavy atom. The van der Waals surface area contributed by atoms with Gasteiger partial charge in [-0.25, -0.2) is 0 Å². The van der Waals surface area contributed by atoms with Crippen LogP contribution in [0.5, 0.6) is 0 Å². The summed E-state index contributed by atoms with van der Waals surface area (Å²) in [6.45, 7) is 0. The second kappa shape index (κ2) is 9.07. The van der Waals surface area contributed by atoms with Crippen LogP contribution in [0.15, 0.2) is 99.4 Å². The highest BCUT2D eigenvalue weighted by Crippen LogP contribution is 2.63. The molecule has 176 valence electrons. The molecule has 0 N–H and O–H groups in total. The second-order valence-corrected chi connectivity index (χ2v) is 11.8. The van der Waals surface area contributed by atoms with E-state index < -0.39 is 0 Å². The molecule has 0 amide bonds. The van der Waals surface area contributed by atoms with E-state index in [2.05, 4.69) is 100 Å². The SMILES string of the molecule is C(#Cc1ccsc1)C1=C(C(=C2CCC2)c2ccsc2)[C@](c2ccccc2)(C2CCC2)c2ccccc21.